The van der Waals surface area contributed by atoms with E-state index in [1.54, 1.807) is 24.8 Å². The molecule has 0 fully saturated rings. The van der Waals surface area contributed by atoms with Gasteiger partial charge in [-0.25, -0.2) is 9.97 Å². The Kier molecular flexibility index (Phi) is 7.34. The molecule has 41 heavy (non-hydrogen) atoms. The summed E-state index contributed by atoms with van der Waals surface area (Å²) in [6, 6.07) is 23.3. The van der Waals surface area contributed by atoms with E-state index in [0.29, 0.717) is 30.1 Å². The monoisotopic (exact) mass is 546 g/mol. The fourth-order valence-electron chi connectivity index (χ4n) is 4.91. The van der Waals surface area contributed by atoms with Gasteiger partial charge in [0.25, 0.3) is 5.56 Å². The van der Waals surface area contributed by atoms with E-state index in [0.717, 1.165) is 39.2 Å². The molecule has 4 N–H and O–H groups in total. The summed E-state index contributed by atoms with van der Waals surface area (Å²) >= 11 is 0. The maximum Gasteiger partial charge on any atom is 0.261 e. The molecular formula is C32H30N6O3. The number of aromatic nitrogens is 5. The average molecular weight is 547 g/mol. The van der Waals surface area contributed by atoms with Crippen LogP contribution in [0.15, 0.2) is 103 Å². The van der Waals surface area contributed by atoms with E-state index in [1.807, 2.05) is 84.4 Å². The zero-order valence-electron chi connectivity index (χ0n) is 22.5. The van der Waals surface area contributed by atoms with Gasteiger partial charge in [-0.1, -0.05) is 42.5 Å². The fraction of sp³-hybridized carbons (Fsp3) is 0.156. The van der Waals surface area contributed by atoms with Gasteiger partial charge in [0.1, 0.15) is 23.7 Å². The molecule has 0 radical (unpaired) electrons. The molecule has 0 aliphatic heterocycles. The van der Waals surface area contributed by atoms with Gasteiger partial charge in [-0.3, -0.25) is 4.79 Å². The van der Waals surface area contributed by atoms with Crippen LogP contribution in [0, 0.1) is 6.92 Å². The summed E-state index contributed by atoms with van der Waals surface area (Å²) in [5, 5.41) is 13.6. The van der Waals surface area contributed by atoms with Crippen LogP contribution in [0.4, 0.5) is 5.69 Å². The number of H-pyrrole nitrogens is 2. The molecule has 0 spiro atoms. The molecule has 1 atom stereocenters. The van der Waals surface area contributed by atoms with E-state index in [2.05, 4.69) is 20.3 Å². The molecule has 6 rings (SSSR count). The number of aromatic amines is 2. The second kappa shape index (κ2) is 11.5. The van der Waals surface area contributed by atoms with Crippen molar-refractivity contribution < 1.29 is 9.84 Å². The lowest BCUT2D eigenvalue weighted by molar-refractivity contribution is 0.273. The number of aliphatic hydroxyl groups is 1. The Morgan fingerprint density at radius 3 is 2.63 bits per heavy atom. The quantitative estimate of drug-likeness (QED) is 0.192. The topological polar surface area (TPSA) is 121 Å². The number of pyridine rings is 1. The van der Waals surface area contributed by atoms with Crippen LogP contribution in [0.1, 0.15) is 16.7 Å². The molecule has 0 unspecified atom stereocenters. The highest BCUT2D eigenvalue weighted by molar-refractivity contribution is 5.86. The molecule has 0 saturated carbocycles. The summed E-state index contributed by atoms with van der Waals surface area (Å²) < 4.78 is 7.82. The largest absolute Gasteiger partial charge is 0.489 e. The molecular weight excluding hydrogens is 516 g/mol. The number of imidazole rings is 2. The molecule has 3 aromatic carbocycles. The first-order chi connectivity index (χ1) is 20.1. The van der Waals surface area contributed by atoms with Crippen molar-refractivity contribution >= 4 is 16.7 Å². The number of fused-ring (bicyclic) bond motifs is 1. The zero-order valence-corrected chi connectivity index (χ0v) is 22.5. The maximum atomic E-state index is 13.0. The van der Waals surface area contributed by atoms with Gasteiger partial charge in [-0.05, 0) is 60.4 Å². The Bertz CT molecular complexity index is 1810. The van der Waals surface area contributed by atoms with E-state index >= 15 is 0 Å². The van der Waals surface area contributed by atoms with Crippen LogP contribution in [-0.2, 0) is 13.0 Å². The van der Waals surface area contributed by atoms with E-state index in [9.17, 15) is 9.90 Å². The van der Waals surface area contributed by atoms with Crippen molar-refractivity contribution in [1.82, 2.24) is 24.5 Å². The second-order valence-corrected chi connectivity index (χ2v) is 9.96. The number of nitrogens with zero attached hydrogens (tertiary/aromatic N) is 3. The average Bonchev–Trinajstić information content (AvgIpc) is 3.68. The van der Waals surface area contributed by atoms with Crippen LogP contribution in [-0.4, -0.2) is 42.3 Å². The van der Waals surface area contributed by atoms with Crippen LogP contribution in [0.3, 0.4) is 0 Å². The van der Waals surface area contributed by atoms with Crippen LogP contribution in [0.25, 0.3) is 28.1 Å². The number of benzene rings is 3. The molecule has 0 aliphatic carbocycles. The van der Waals surface area contributed by atoms with Crippen molar-refractivity contribution in [3.63, 3.8) is 0 Å². The van der Waals surface area contributed by atoms with Crippen molar-refractivity contribution in [3.05, 3.63) is 125 Å². The second-order valence-electron chi connectivity index (χ2n) is 9.96. The summed E-state index contributed by atoms with van der Waals surface area (Å²) in [4.78, 5) is 28.0. The number of hydrogen-bond acceptors (Lipinski definition) is 6. The SMILES string of the molecule is Cc1cc(-n2ccnc2)cc2[nH]c(-c3c(N[C@H](CO)Cc4ccc(OCc5ccccc5)cc4)cc[nH]c3=O)nc12. The molecule has 0 amide bonds. The molecule has 0 aliphatic rings. The van der Waals surface area contributed by atoms with Crippen molar-refractivity contribution in [1.29, 1.82) is 0 Å². The maximum absolute atomic E-state index is 13.0. The van der Waals surface area contributed by atoms with Crippen LogP contribution in [0.2, 0.25) is 0 Å². The first kappa shape index (κ1) is 26.1. The summed E-state index contributed by atoms with van der Waals surface area (Å²) in [6.45, 7) is 2.37. The molecule has 3 aromatic heterocycles. The van der Waals surface area contributed by atoms with Crippen molar-refractivity contribution in [2.45, 2.75) is 26.0 Å². The molecule has 206 valence electrons. The van der Waals surface area contributed by atoms with Crippen molar-refractivity contribution in [2.24, 2.45) is 0 Å². The van der Waals surface area contributed by atoms with Crippen LogP contribution in [0.5, 0.6) is 5.75 Å². The molecule has 9 nitrogen and oxygen atoms in total. The lowest BCUT2D eigenvalue weighted by atomic mass is 10.1. The summed E-state index contributed by atoms with van der Waals surface area (Å²) in [6.07, 6.45) is 7.48. The summed E-state index contributed by atoms with van der Waals surface area (Å²) in [5.74, 6) is 1.23. The zero-order chi connectivity index (χ0) is 28.2. The standard InChI is InChI=1S/C32H30N6O3/c1-21-15-25(38-14-13-33-20-38)17-28-30(21)37-31(36-28)29-27(11-12-34-32(29)40)35-24(18-39)16-22-7-9-26(10-8-22)41-19-23-5-3-2-4-6-23/h2-15,17,20,24,39H,16,18-19H2,1H3,(H,36,37)(H2,34,35,40)/t24-/m0/s1. The van der Waals surface area contributed by atoms with Gasteiger partial charge in [0.15, 0.2) is 0 Å². The van der Waals surface area contributed by atoms with Gasteiger partial charge in [-0.15, -0.1) is 0 Å². The Hall–Kier alpha value is -5.15. The fourth-order valence-corrected chi connectivity index (χ4v) is 4.91. The molecule has 6 aromatic rings. The van der Waals surface area contributed by atoms with Gasteiger partial charge in [0, 0.05) is 24.3 Å². The number of nitrogens with one attached hydrogen (secondary N) is 3. The molecule has 0 bridgehead atoms. The van der Waals surface area contributed by atoms with E-state index in [1.165, 1.54) is 0 Å². The highest BCUT2D eigenvalue weighted by Gasteiger charge is 2.18. The molecule has 3 heterocycles. The number of ether oxygens (including phenoxy) is 1. The summed E-state index contributed by atoms with van der Waals surface area (Å²) in [7, 11) is 0. The van der Waals surface area contributed by atoms with E-state index in [-0.39, 0.29) is 18.2 Å². The van der Waals surface area contributed by atoms with E-state index in [4.69, 9.17) is 9.72 Å². The third kappa shape index (κ3) is 5.75. The predicted molar refractivity (Wildman–Crippen MR) is 159 cm³/mol. The van der Waals surface area contributed by atoms with Gasteiger partial charge in [0.05, 0.1) is 35.7 Å². The lowest BCUT2D eigenvalue weighted by Crippen LogP contribution is -2.28. The number of rotatable bonds is 10. The van der Waals surface area contributed by atoms with E-state index < -0.39 is 0 Å². The highest BCUT2D eigenvalue weighted by atomic mass is 16.5. The number of aryl methyl sites for hydroxylation is 1. The molecule has 0 saturated heterocycles. The molecule has 9 heteroatoms. The van der Waals surface area contributed by atoms with Gasteiger partial charge >= 0.3 is 0 Å². The summed E-state index contributed by atoms with van der Waals surface area (Å²) in [5.41, 5.74) is 6.34. The third-order valence-electron chi connectivity index (χ3n) is 7.00. The Morgan fingerprint density at radius 2 is 1.88 bits per heavy atom. The van der Waals surface area contributed by atoms with Crippen LogP contribution >= 0.6 is 0 Å². The van der Waals surface area contributed by atoms with Crippen molar-refractivity contribution in [3.8, 4) is 22.8 Å². The minimum absolute atomic E-state index is 0.119. The van der Waals surface area contributed by atoms with Gasteiger partial charge in [-0.2, -0.15) is 0 Å². The lowest BCUT2D eigenvalue weighted by Gasteiger charge is -2.19. The minimum Gasteiger partial charge on any atom is -0.489 e. The number of aliphatic hydroxyl groups excluding tert-OH is 1. The Balaban J connectivity index is 1.21. The van der Waals surface area contributed by atoms with Gasteiger partial charge < -0.3 is 29.7 Å². The number of anilines is 1. The Labute approximate surface area is 236 Å². The Morgan fingerprint density at radius 1 is 1.05 bits per heavy atom. The predicted octanol–water partition coefficient (Wildman–Crippen LogP) is 5.01. The first-order valence-electron chi connectivity index (χ1n) is 13.4. The normalized spacial score (nSPS) is 12.0. The smallest absolute Gasteiger partial charge is 0.261 e. The van der Waals surface area contributed by atoms with Crippen molar-refractivity contribution in [2.75, 3.05) is 11.9 Å². The third-order valence-corrected chi connectivity index (χ3v) is 7.00. The minimum atomic E-state index is -0.328. The van der Waals surface area contributed by atoms with Crippen LogP contribution < -0.4 is 15.6 Å². The number of hydrogen-bond donors (Lipinski definition) is 4. The highest BCUT2D eigenvalue weighted by Crippen LogP contribution is 2.28. The first-order valence-corrected chi connectivity index (χ1v) is 13.4. The van der Waals surface area contributed by atoms with Gasteiger partial charge in [0.2, 0.25) is 0 Å².